The van der Waals surface area contributed by atoms with Crippen molar-refractivity contribution >= 4 is 60.7 Å². The molecule has 0 atom stereocenters. The molecule has 0 spiro atoms. The van der Waals surface area contributed by atoms with E-state index in [1.807, 2.05) is 12.3 Å². The van der Waals surface area contributed by atoms with Crippen molar-refractivity contribution < 1.29 is 4.74 Å². The van der Waals surface area contributed by atoms with E-state index in [9.17, 15) is 0 Å². The molecule has 6 aromatic carbocycles. The number of ether oxygens (including phenoxy) is 1. The predicted molar refractivity (Wildman–Crippen MR) is 201 cm³/mol. The Balaban J connectivity index is 1.10. The largest absolute Gasteiger partial charge is 0.457 e. The van der Waals surface area contributed by atoms with Crippen LogP contribution in [0.5, 0.6) is 11.5 Å². The van der Waals surface area contributed by atoms with Crippen LogP contribution in [0.15, 0.2) is 158 Å². The van der Waals surface area contributed by atoms with Crippen molar-refractivity contribution in [3.63, 3.8) is 0 Å². The van der Waals surface area contributed by atoms with Crippen LogP contribution in [0.3, 0.4) is 0 Å². The van der Waals surface area contributed by atoms with E-state index in [0.717, 1.165) is 68.2 Å². The zero-order valence-electron chi connectivity index (χ0n) is 26.9. The fraction of sp³-hybridized carbons (Fsp3) is 0.0465. The van der Waals surface area contributed by atoms with Crippen LogP contribution in [-0.2, 0) is 0 Å². The average Bonchev–Trinajstić information content (AvgIpc) is 3.79. The Morgan fingerprint density at radius 2 is 1.12 bits per heavy atom. The summed E-state index contributed by atoms with van der Waals surface area (Å²) in [6, 6.07) is 53.1. The van der Waals surface area contributed by atoms with Crippen molar-refractivity contribution in [1.29, 1.82) is 0 Å². The highest BCUT2D eigenvalue weighted by Crippen LogP contribution is 2.41. The first-order valence-corrected chi connectivity index (χ1v) is 16.6. The third kappa shape index (κ3) is 4.31. The standard InChI is InChI=1S/C43H31N5O/c1-45-28-46(40-21-10-9-20-39(40)45)30-14-11-15-31(24-30)49-32-22-23-35-33-16-5-8-19-38(33)48(41(35)25-32)43-26-42-36(27-44-43)34-17-6-7-18-37(34)47(42)29-12-3-2-4-13-29/h2-27H,28H2,1H3. The summed E-state index contributed by atoms with van der Waals surface area (Å²) in [5, 5.41) is 4.64. The number of hydrogen-bond donors (Lipinski definition) is 0. The van der Waals surface area contributed by atoms with E-state index in [-0.39, 0.29) is 0 Å². The third-order valence-electron chi connectivity index (χ3n) is 9.73. The molecule has 0 fully saturated rings. The summed E-state index contributed by atoms with van der Waals surface area (Å²) in [4.78, 5) is 9.68. The molecular weight excluding hydrogens is 603 g/mol. The van der Waals surface area contributed by atoms with Crippen LogP contribution in [0.2, 0.25) is 0 Å². The van der Waals surface area contributed by atoms with Gasteiger partial charge in [0, 0.05) is 64.4 Å². The highest BCUT2D eigenvalue weighted by Gasteiger charge is 2.24. The van der Waals surface area contributed by atoms with Crippen LogP contribution in [-0.4, -0.2) is 27.8 Å². The lowest BCUT2D eigenvalue weighted by Gasteiger charge is -2.20. The van der Waals surface area contributed by atoms with Gasteiger partial charge < -0.3 is 19.1 Å². The highest BCUT2D eigenvalue weighted by atomic mass is 16.5. The van der Waals surface area contributed by atoms with E-state index in [4.69, 9.17) is 9.72 Å². The first-order valence-electron chi connectivity index (χ1n) is 16.6. The molecule has 0 aliphatic carbocycles. The summed E-state index contributed by atoms with van der Waals surface area (Å²) in [6.07, 6.45) is 2.02. The van der Waals surface area contributed by atoms with Crippen LogP contribution in [0, 0.1) is 0 Å². The summed E-state index contributed by atoms with van der Waals surface area (Å²) in [5.74, 6) is 2.42. The molecule has 1 aliphatic heterocycles. The molecular formula is C43H31N5O. The van der Waals surface area contributed by atoms with E-state index in [2.05, 4.69) is 172 Å². The lowest BCUT2D eigenvalue weighted by atomic mass is 10.1. The average molecular weight is 634 g/mol. The number of para-hydroxylation sites is 5. The minimum absolute atomic E-state index is 0.770. The van der Waals surface area contributed by atoms with Crippen molar-refractivity contribution in [2.75, 3.05) is 23.5 Å². The number of anilines is 3. The molecule has 0 unspecified atom stereocenters. The van der Waals surface area contributed by atoms with Gasteiger partial charge in [0.1, 0.15) is 17.3 Å². The Morgan fingerprint density at radius 3 is 1.96 bits per heavy atom. The topological polar surface area (TPSA) is 38.5 Å². The minimum atomic E-state index is 0.770. The molecule has 1 aliphatic rings. The zero-order chi connectivity index (χ0) is 32.5. The third-order valence-corrected chi connectivity index (χ3v) is 9.73. The first kappa shape index (κ1) is 27.6. The van der Waals surface area contributed by atoms with Gasteiger partial charge in [0.25, 0.3) is 0 Å². The molecule has 10 rings (SSSR count). The second-order valence-electron chi connectivity index (χ2n) is 12.6. The Hall–Kier alpha value is -6.53. The van der Waals surface area contributed by atoms with Crippen LogP contribution in [0.1, 0.15) is 0 Å². The van der Waals surface area contributed by atoms with Gasteiger partial charge >= 0.3 is 0 Å². The minimum Gasteiger partial charge on any atom is -0.457 e. The summed E-state index contributed by atoms with van der Waals surface area (Å²) in [5.41, 5.74) is 9.05. The molecule has 6 nitrogen and oxygen atoms in total. The van der Waals surface area contributed by atoms with Gasteiger partial charge in [-0.05, 0) is 60.7 Å². The summed E-state index contributed by atoms with van der Waals surface area (Å²) in [6.45, 7) is 0.787. The smallest absolute Gasteiger partial charge is 0.139 e. The maximum absolute atomic E-state index is 6.60. The Labute approximate surface area is 283 Å². The number of nitrogens with zero attached hydrogens (tertiary/aromatic N) is 5. The van der Waals surface area contributed by atoms with Gasteiger partial charge in [-0.15, -0.1) is 0 Å². The fourth-order valence-corrected chi connectivity index (χ4v) is 7.54. The first-order chi connectivity index (χ1) is 24.2. The van der Waals surface area contributed by atoms with Gasteiger partial charge in [0.05, 0.1) is 40.1 Å². The van der Waals surface area contributed by atoms with Crippen molar-refractivity contribution in [3.8, 4) is 23.0 Å². The molecule has 0 N–H and O–H groups in total. The Bertz CT molecular complexity index is 2710. The predicted octanol–water partition coefficient (Wildman–Crippen LogP) is 10.6. The molecule has 234 valence electrons. The van der Waals surface area contributed by atoms with Gasteiger partial charge in [-0.2, -0.15) is 0 Å². The summed E-state index contributed by atoms with van der Waals surface area (Å²) < 4.78 is 11.2. The number of benzene rings is 6. The van der Waals surface area contributed by atoms with Gasteiger partial charge in [0.2, 0.25) is 0 Å². The lowest BCUT2D eigenvalue weighted by molar-refractivity contribution is 0.483. The van der Waals surface area contributed by atoms with Gasteiger partial charge in [-0.3, -0.25) is 4.57 Å². The van der Waals surface area contributed by atoms with E-state index < -0.39 is 0 Å². The van der Waals surface area contributed by atoms with E-state index in [1.165, 1.54) is 22.1 Å². The normalized spacial score (nSPS) is 12.8. The van der Waals surface area contributed by atoms with Crippen LogP contribution < -0.4 is 14.5 Å². The Kier molecular flexibility index (Phi) is 6.05. The van der Waals surface area contributed by atoms with E-state index in [1.54, 1.807) is 0 Å². The van der Waals surface area contributed by atoms with Gasteiger partial charge in [-0.1, -0.05) is 72.8 Å². The van der Waals surface area contributed by atoms with Gasteiger partial charge in [0.15, 0.2) is 0 Å². The van der Waals surface area contributed by atoms with Gasteiger partial charge in [-0.25, -0.2) is 4.98 Å². The molecule has 6 heteroatoms. The molecule has 9 aromatic rings. The molecule has 0 saturated carbocycles. The lowest BCUT2D eigenvalue weighted by Crippen LogP contribution is -2.23. The second kappa shape index (κ2) is 10.8. The maximum Gasteiger partial charge on any atom is 0.139 e. The van der Waals surface area contributed by atoms with Crippen molar-refractivity contribution in [2.45, 2.75) is 0 Å². The summed E-state index contributed by atoms with van der Waals surface area (Å²) >= 11 is 0. The number of aromatic nitrogens is 3. The number of fused-ring (bicyclic) bond motifs is 7. The van der Waals surface area contributed by atoms with E-state index >= 15 is 0 Å². The molecule has 0 saturated heterocycles. The van der Waals surface area contributed by atoms with Crippen LogP contribution >= 0.6 is 0 Å². The molecule has 49 heavy (non-hydrogen) atoms. The van der Waals surface area contributed by atoms with Crippen LogP contribution in [0.25, 0.3) is 55.1 Å². The molecule has 0 amide bonds. The van der Waals surface area contributed by atoms with E-state index in [0.29, 0.717) is 0 Å². The molecule has 4 heterocycles. The van der Waals surface area contributed by atoms with Crippen molar-refractivity contribution in [3.05, 3.63) is 158 Å². The monoisotopic (exact) mass is 633 g/mol. The quantitative estimate of drug-likeness (QED) is 0.189. The highest BCUT2D eigenvalue weighted by molar-refractivity contribution is 6.11. The number of pyridine rings is 1. The number of rotatable bonds is 5. The van der Waals surface area contributed by atoms with Crippen molar-refractivity contribution in [2.24, 2.45) is 0 Å². The Morgan fingerprint density at radius 1 is 0.490 bits per heavy atom. The SMILES string of the molecule is CN1CN(c2cccc(Oc3ccc4c5ccccc5n(-c5cc6c(cn5)c5ccccc5n6-c5ccccc5)c4c3)c2)c2ccccc21. The molecule has 0 radical (unpaired) electrons. The maximum atomic E-state index is 6.60. The van der Waals surface area contributed by atoms with Crippen molar-refractivity contribution in [1.82, 2.24) is 14.1 Å². The fourth-order valence-electron chi connectivity index (χ4n) is 7.54. The zero-order valence-corrected chi connectivity index (χ0v) is 26.9. The number of hydrogen-bond acceptors (Lipinski definition) is 4. The molecule has 3 aromatic heterocycles. The molecule has 0 bridgehead atoms. The second-order valence-corrected chi connectivity index (χ2v) is 12.6. The van der Waals surface area contributed by atoms with Crippen LogP contribution in [0.4, 0.5) is 17.1 Å². The summed E-state index contributed by atoms with van der Waals surface area (Å²) in [7, 11) is 2.13.